The van der Waals surface area contributed by atoms with Crippen LogP contribution in [0.3, 0.4) is 0 Å². The lowest BCUT2D eigenvalue weighted by Crippen LogP contribution is -2.52. The van der Waals surface area contributed by atoms with Crippen LogP contribution in [0.25, 0.3) is 0 Å². The molecule has 2 aromatic rings. The average Bonchev–Trinajstić information content (AvgIpc) is 3.23. The van der Waals surface area contributed by atoms with E-state index in [4.69, 9.17) is 16.2 Å². The maximum atomic E-state index is 13.2. The van der Waals surface area contributed by atoms with Gasteiger partial charge >= 0.3 is 0 Å². The number of rotatable bonds is 10. The minimum absolute atomic E-state index is 0.181. The number of hydrogen-bond acceptors (Lipinski definition) is 5. The topological polar surface area (TPSA) is 111 Å². The first-order valence-corrected chi connectivity index (χ1v) is 10.8. The molecule has 1 heterocycles. The molecule has 0 aromatic heterocycles. The lowest BCUT2D eigenvalue weighted by Gasteiger charge is -2.26. The summed E-state index contributed by atoms with van der Waals surface area (Å²) in [4.78, 5) is 27.5. The molecule has 31 heavy (non-hydrogen) atoms. The highest BCUT2D eigenvalue weighted by Gasteiger charge is 2.41. The Hall–Kier alpha value is -2.74. The number of hydrogen-bond donors (Lipinski definition) is 3. The van der Waals surface area contributed by atoms with Gasteiger partial charge in [-0.2, -0.15) is 0 Å². The van der Waals surface area contributed by atoms with Gasteiger partial charge < -0.3 is 26.4 Å². The van der Waals surface area contributed by atoms with Gasteiger partial charge in [-0.05, 0) is 30.5 Å². The normalized spacial score (nSPS) is 19.2. The first-order valence-electron chi connectivity index (χ1n) is 10.8. The molecular formula is C24H32N4O3. The Balaban J connectivity index is 1.65. The second-order valence-electron chi connectivity index (χ2n) is 7.89. The molecule has 166 valence electrons. The number of nitrogens with two attached hydrogens (primary N) is 2. The molecule has 0 radical (unpaired) electrons. The second kappa shape index (κ2) is 11.6. The molecule has 2 aromatic carbocycles. The highest BCUT2D eigenvalue weighted by atomic mass is 16.5. The number of carbonyl (C=O) groups excluding carboxylic acids is 2. The summed E-state index contributed by atoms with van der Waals surface area (Å²) in [6, 6.07) is 18.2. The average molecular weight is 425 g/mol. The smallest absolute Gasteiger partial charge is 0.242 e. The number of nitrogens with one attached hydrogen (secondary N) is 1. The fourth-order valence-corrected chi connectivity index (χ4v) is 3.80. The predicted molar refractivity (Wildman–Crippen MR) is 120 cm³/mol. The zero-order chi connectivity index (χ0) is 22.1. The van der Waals surface area contributed by atoms with Crippen molar-refractivity contribution < 1.29 is 14.3 Å². The van der Waals surface area contributed by atoms with Crippen LogP contribution in [-0.4, -0.2) is 54.5 Å². The van der Waals surface area contributed by atoms with Crippen LogP contribution in [-0.2, 0) is 27.4 Å². The van der Waals surface area contributed by atoms with E-state index in [-0.39, 0.29) is 17.9 Å². The molecule has 1 aliphatic rings. The molecule has 0 aliphatic carbocycles. The van der Waals surface area contributed by atoms with E-state index >= 15 is 0 Å². The number of amides is 2. The fourth-order valence-electron chi connectivity index (χ4n) is 3.80. The van der Waals surface area contributed by atoms with Gasteiger partial charge in [0.1, 0.15) is 6.04 Å². The molecular weight excluding hydrogens is 392 g/mol. The summed E-state index contributed by atoms with van der Waals surface area (Å²) >= 11 is 0. The maximum absolute atomic E-state index is 13.2. The third-order valence-electron chi connectivity index (χ3n) is 5.47. The predicted octanol–water partition coefficient (Wildman–Crippen LogP) is 1.21. The summed E-state index contributed by atoms with van der Waals surface area (Å²) in [6.07, 6.45) is 1.34. The Morgan fingerprint density at radius 3 is 2.35 bits per heavy atom. The van der Waals surface area contributed by atoms with Gasteiger partial charge in [0.05, 0.1) is 18.8 Å². The summed E-state index contributed by atoms with van der Waals surface area (Å²) in [6.45, 7) is 1.77. The van der Waals surface area contributed by atoms with Crippen LogP contribution >= 0.6 is 0 Å². The van der Waals surface area contributed by atoms with E-state index in [1.165, 1.54) is 0 Å². The molecule has 0 bridgehead atoms. The van der Waals surface area contributed by atoms with E-state index in [0.29, 0.717) is 45.5 Å². The molecule has 1 fully saturated rings. The van der Waals surface area contributed by atoms with Crippen LogP contribution < -0.4 is 16.8 Å². The van der Waals surface area contributed by atoms with Gasteiger partial charge in [-0.1, -0.05) is 60.7 Å². The van der Waals surface area contributed by atoms with Gasteiger partial charge in [0.2, 0.25) is 11.8 Å². The molecule has 3 rings (SSSR count). The largest absolute Gasteiger partial charge is 0.372 e. The van der Waals surface area contributed by atoms with Crippen LogP contribution in [0.5, 0.6) is 0 Å². The molecule has 0 saturated carbocycles. The van der Waals surface area contributed by atoms with Crippen LogP contribution in [0.1, 0.15) is 24.0 Å². The lowest BCUT2D eigenvalue weighted by atomic mass is 10.1. The van der Waals surface area contributed by atoms with Crippen molar-refractivity contribution >= 4 is 11.8 Å². The minimum Gasteiger partial charge on any atom is -0.372 e. The van der Waals surface area contributed by atoms with Gasteiger partial charge in [-0.3, -0.25) is 9.59 Å². The second-order valence-corrected chi connectivity index (χ2v) is 7.89. The standard InChI is InChI=1S/C24H32N4O3/c25-12-7-13-27-23(29)22-15-20(31-17-19-10-5-2-6-11-19)16-28(22)24(30)21(26)14-18-8-3-1-4-9-18/h1-6,8-11,20-22H,7,12-17,25-26H2,(H,27,29)/t20-,21+,22+/m1/s1. The van der Waals surface area contributed by atoms with Crippen molar-refractivity contribution in [2.45, 2.75) is 44.1 Å². The van der Waals surface area contributed by atoms with Gasteiger partial charge in [-0.25, -0.2) is 0 Å². The Morgan fingerprint density at radius 1 is 1.06 bits per heavy atom. The monoisotopic (exact) mass is 424 g/mol. The first-order chi connectivity index (χ1) is 15.1. The third-order valence-corrected chi connectivity index (χ3v) is 5.47. The Kier molecular flexibility index (Phi) is 8.58. The summed E-state index contributed by atoms with van der Waals surface area (Å²) in [5.74, 6) is -0.409. The van der Waals surface area contributed by atoms with Crippen molar-refractivity contribution in [2.75, 3.05) is 19.6 Å². The zero-order valence-electron chi connectivity index (χ0n) is 17.8. The highest BCUT2D eigenvalue weighted by molar-refractivity contribution is 5.90. The van der Waals surface area contributed by atoms with E-state index in [2.05, 4.69) is 5.32 Å². The first kappa shape index (κ1) is 22.9. The summed E-state index contributed by atoms with van der Waals surface area (Å²) < 4.78 is 6.04. The minimum atomic E-state index is -0.713. The Labute approximate surface area is 183 Å². The summed E-state index contributed by atoms with van der Waals surface area (Å²) in [7, 11) is 0. The molecule has 0 unspecified atom stereocenters. The highest BCUT2D eigenvalue weighted by Crippen LogP contribution is 2.23. The van der Waals surface area contributed by atoms with Crippen LogP contribution in [0, 0.1) is 0 Å². The van der Waals surface area contributed by atoms with E-state index in [1.807, 2.05) is 60.7 Å². The lowest BCUT2D eigenvalue weighted by molar-refractivity contribution is -0.139. The summed E-state index contributed by atoms with van der Waals surface area (Å²) in [5, 5.41) is 2.88. The Bertz CT molecular complexity index is 831. The summed E-state index contributed by atoms with van der Waals surface area (Å²) in [5.41, 5.74) is 13.8. The Morgan fingerprint density at radius 2 is 1.71 bits per heavy atom. The van der Waals surface area contributed by atoms with Crippen molar-refractivity contribution in [1.29, 1.82) is 0 Å². The van der Waals surface area contributed by atoms with E-state index < -0.39 is 12.1 Å². The molecule has 3 atom stereocenters. The van der Waals surface area contributed by atoms with Crippen molar-refractivity contribution in [3.63, 3.8) is 0 Å². The SMILES string of the molecule is NCCCNC(=O)[C@@H]1C[C@@H](OCc2ccccc2)CN1C(=O)[C@@H](N)Cc1ccccc1. The van der Waals surface area contributed by atoms with Crippen molar-refractivity contribution in [3.05, 3.63) is 71.8 Å². The quantitative estimate of drug-likeness (QED) is 0.497. The van der Waals surface area contributed by atoms with E-state index in [9.17, 15) is 9.59 Å². The van der Waals surface area contributed by atoms with Crippen LogP contribution in [0.4, 0.5) is 0 Å². The van der Waals surface area contributed by atoms with Crippen LogP contribution in [0.15, 0.2) is 60.7 Å². The number of nitrogens with zero attached hydrogens (tertiary/aromatic N) is 1. The molecule has 1 saturated heterocycles. The molecule has 1 aliphatic heterocycles. The molecule has 7 heteroatoms. The molecule has 2 amide bonds. The zero-order valence-corrected chi connectivity index (χ0v) is 17.8. The number of likely N-dealkylation sites (tertiary alicyclic amines) is 1. The molecule has 7 nitrogen and oxygen atoms in total. The van der Waals surface area contributed by atoms with Gasteiger partial charge in [-0.15, -0.1) is 0 Å². The van der Waals surface area contributed by atoms with E-state index in [1.54, 1.807) is 4.90 Å². The number of carbonyl (C=O) groups is 2. The van der Waals surface area contributed by atoms with Gasteiger partial charge in [0.15, 0.2) is 0 Å². The number of benzene rings is 2. The van der Waals surface area contributed by atoms with Crippen molar-refractivity contribution in [3.8, 4) is 0 Å². The fraction of sp³-hybridized carbons (Fsp3) is 0.417. The molecule has 0 spiro atoms. The van der Waals surface area contributed by atoms with Gasteiger partial charge in [0, 0.05) is 19.5 Å². The van der Waals surface area contributed by atoms with Crippen LogP contribution in [0.2, 0.25) is 0 Å². The van der Waals surface area contributed by atoms with Crippen molar-refractivity contribution in [2.24, 2.45) is 11.5 Å². The van der Waals surface area contributed by atoms with E-state index in [0.717, 1.165) is 11.1 Å². The molecule has 5 N–H and O–H groups in total. The van der Waals surface area contributed by atoms with Crippen molar-refractivity contribution in [1.82, 2.24) is 10.2 Å². The van der Waals surface area contributed by atoms with Gasteiger partial charge in [0.25, 0.3) is 0 Å². The number of ether oxygens (including phenoxy) is 1. The third kappa shape index (κ3) is 6.62. The maximum Gasteiger partial charge on any atom is 0.242 e.